The topological polar surface area (TPSA) is 102 Å². The summed E-state index contributed by atoms with van der Waals surface area (Å²) in [5.74, 6) is -1.38. The Bertz CT molecular complexity index is 897. The number of ether oxygens (including phenoxy) is 3. The van der Waals surface area contributed by atoms with Crippen molar-refractivity contribution in [3.63, 3.8) is 0 Å². The SMILES string of the molecule is [2H]C[C@]1(O)C(O)O[C@H](COC(=O)c2ccc(C)cc2)[C@H]1OC(=O)c1ccc(C)cc1. The first-order chi connectivity index (χ1) is 14.2. The normalized spacial score (nSPS) is 26.6. The number of rotatable bonds is 5. The fourth-order valence-corrected chi connectivity index (χ4v) is 2.93. The average molecular weight is 401 g/mol. The number of aryl methyl sites for hydroxylation is 2. The first-order valence-corrected chi connectivity index (χ1v) is 9.11. The minimum absolute atomic E-state index is 0.240. The Morgan fingerprint density at radius 2 is 1.55 bits per heavy atom. The van der Waals surface area contributed by atoms with Crippen molar-refractivity contribution in [3.8, 4) is 0 Å². The van der Waals surface area contributed by atoms with Gasteiger partial charge in [0, 0.05) is 1.37 Å². The minimum Gasteiger partial charge on any atom is -0.459 e. The van der Waals surface area contributed by atoms with Crippen molar-refractivity contribution in [3.05, 3.63) is 70.8 Å². The van der Waals surface area contributed by atoms with Crippen molar-refractivity contribution in [2.24, 2.45) is 0 Å². The molecule has 0 aliphatic carbocycles. The van der Waals surface area contributed by atoms with Gasteiger partial charge in [-0.1, -0.05) is 35.4 Å². The smallest absolute Gasteiger partial charge is 0.338 e. The second kappa shape index (κ2) is 8.32. The summed E-state index contributed by atoms with van der Waals surface area (Å²) in [7, 11) is 0. The molecule has 1 aliphatic heterocycles. The number of carbonyl (C=O) groups is 2. The average Bonchev–Trinajstić information content (AvgIpc) is 2.97. The number of hydrogen-bond acceptors (Lipinski definition) is 7. The zero-order valence-electron chi connectivity index (χ0n) is 17.2. The Morgan fingerprint density at radius 1 is 1.03 bits per heavy atom. The van der Waals surface area contributed by atoms with E-state index < -0.39 is 42.9 Å². The lowest BCUT2D eigenvalue weighted by Gasteiger charge is -2.27. The highest BCUT2D eigenvalue weighted by Gasteiger charge is 2.55. The molecule has 1 heterocycles. The number of hydrogen-bond donors (Lipinski definition) is 2. The summed E-state index contributed by atoms with van der Waals surface area (Å²) < 4.78 is 23.5. The third kappa shape index (κ3) is 4.64. The molecule has 3 rings (SSSR count). The van der Waals surface area contributed by atoms with Crippen LogP contribution in [0.15, 0.2) is 48.5 Å². The minimum atomic E-state index is -2.15. The van der Waals surface area contributed by atoms with Crippen molar-refractivity contribution in [2.45, 2.75) is 44.8 Å². The number of benzene rings is 2. The third-order valence-corrected chi connectivity index (χ3v) is 4.75. The van der Waals surface area contributed by atoms with Crippen molar-refractivity contribution >= 4 is 11.9 Å². The summed E-state index contributed by atoms with van der Waals surface area (Å²) in [6.45, 7) is 2.70. The van der Waals surface area contributed by atoms with Crippen molar-refractivity contribution in [1.29, 1.82) is 0 Å². The maximum Gasteiger partial charge on any atom is 0.338 e. The molecule has 1 unspecified atom stereocenters. The number of aliphatic hydroxyl groups is 2. The maximum absolute atomic E-state index is 12.5. The Morgan fingerprint density at radius 3 is 2.07 bits per heavy atom. The first-order valence-electron chi connectivity index (χ1n) is 9.82. The molecular weight excluding hydrogens is 376 g/mol. The zero-order valence-corrected chi connectivity index (χ0v) is 16.2. The van der Waals surface area contributed by atoms with Crippen LogP contribution in [0.4, 0.5) is 0 Å². The molecule has 1 fully saturated rings. The molecule has 0 saturated carbocycles. The highest BCUT2D eigenvalue weighted by molar-refractivity contribution is 5.90. The molecule has 0 radical (unpaired) electrons. The number of esters is 2. The molecule has 154 valence electrons. The molecular formula is C22H24O7. The van der Waals surface area contributed by atoms with Gasteiger partial charge in [-0.15, -0.1) is 0 Å². The fraction of sp³-hybridized carbons (Fsp3) is 0.364. The molecule has 7 heteroatoms. The largest absolute Gasteiger partial charge is 0.459 e. The van der Waals surface area contributed by atoms with E-state index >= 15 is 0 Å². The van der Waals surface area contributed by atoms with Gasteiger partial charge in [0.15, 0.2) is 18.0 Å². The Balaban J connectivity index is 1.73. The van der Waals surface area contributed by atoms with E-state index in [0.717, 1.165) is 11.1 Å². The predicted molar refractivity (Wildman–Crippen MR) is 103 cm³/mol. The van der Waals surface area contributed by atoms with Gasteiger partial charge in [-0.25, -0.2) is 9.59 Å². The van der Waals surface area contributed by atoms with Crippen LogP contribution < -0.4 is 0 Å². The van der Waals surface area contributed by atoms with Crippen LogP contribution >= 0.6 is 0 Å². The van der Waals surface area contributed by atoms with Crippen molar-refractivity contribution in [1.82, 2.24) is 0 Å². The van der Waals surface area contributed by atoms with Gasteiger partial charge < -0.3 is 24.4 Å². The highest BCUT2D eigenvalue weighted by Crippen LogP contribution is 2.33. The van der Waals surface area contributed by atoms with Gasteiger partial charge in [0.25, 0.3) is 0 Å². The summed E-state index contributed by atoms with van der Waals surface area (Å²) in [6.07, 6.45) is -4.31. The highest BCUT2D eigenvalue weighted by atomic mass is 16.7. The maximum atomic E-state index is 12.5. The van der Waals surface area contributed by atoms with E-state index in [1.807, 2.05) is 13.8 Å². The molecule has 0 spiro atoms. The van der Waals surface area contributed by atoms with Gasteiger partial charge in [0.2, 0.25) is 0 Å². The van der Waals surface area contributed by atoms with Crippen molar-refractivity contribution < 1.29 is 35.4 Å². The monoisotopic (exact) mass is 401 g/mol. The van der Waals surface area contributed by atoms with Crippen LogP contribution in [0.3, 0.4) is 0 Å². The Labute approximate surface area is 170 Å². The van der Waals surface area contributed by atoms with E-state index in [9.17, 15) is 19.8 Å². The second-order valence-electron chi connectivity index (χ2n) is 7.17. The van der Waals surface area contributed by atoms with E-state index in [0.29, 0.717) is 5.56 Å². The van der Waals surface area contributed by atoms with E-state index in [4.69, 9.17) is 15.6 Å². The molecule has 4 atom stereocenters. The van der Waals surface area contributed by atoms with E-state index in [2.05, 4.69) is 0 Å². The molecule has 0 bridgehead atoms. The zero-order chi connectivity index (χ0) is 21.9. The van der Waals surface area contributed by atoms with Crippen molar-refractivity contribution in [2.75, 3.05) is 6.61 Å². The van der Waals surface area contributed by atoms with Gasteiger partial charge in [0.05, 0.1) is 11.1 Å². The standard InChI is InChI=1S/C22H24O7/c1-13-4-8-15(9-5-13)19(23)27-12-17-18(22(3,26)21(25)28-17)29-20(24)16-10-6-14(2)7-11-16/h4-11,17-18,21,25-26H,12H2,1-3H3/t17-,18-,21?,22-/m1/s1/i3D. The summed E-state index contributed by atoms with van der Waals surface area (Å²) in [4.78, 5) is 24.8. The third-order valence-electron chi connectivity index (χ3n) is 4.75. The summed E-state index contributed by atoms with van der Waals surface area (Å²) in [5, 5.41) is 20.8. The molecule has 0 amide bonds. The van der Waals surface area contributed by atoms with Gasteiger partial charge >= 0.3 is 11.9 Å². The lowest BCUT2D eigenvalue weighted by molar-refractivity contribution is -0.170. The van der Waals surface area contributed by atoms with Gasteiger partial charge in [-0.3, -0.25) is 0 Å². The van der Waals surface area contributed by atoms with Crippen LogP contribution in [0.25, 0.3) is 0 Å². The van der Waals surface area contributed by atoms with E-state index in [1.54, 1.807) is 48.5 Å². The van der Waals surface area contributed by atoms with Crippen LogP contribution in [-0.4, -0.2) is 52.9 Å². The Hall–Kier alpha value is -2.74. The lowest BCUT2D eigenvalue weighted by atomic mass is 9.97. The summed E-state index contributed by atoms with van der Waals surface area (Å²) >= 11 is 0. The molecule has 2 N–H and O–H groups in total. The molecule has 1 aliphatic rings. The second-order valence-corrected chi connectivity index (χ2v) is 7.17. The quantitative estimate of drug-likeness (QED) is 0.740. The van der Waals surface area contributed by atoms with Crippen LogP contribution in [-0.2, 0) is 14.2 Å². The van der Waals surface area contributed by atoms with Crippen LogP contribution in [0.5, 0.6) is 0 Å². The molecule has 29 heavy (non-hydrogen) atoms. The van der Waals surface area contributed by atoms with E-state index in [-0.39, 0.29) is 12.2 Å². The first kappa shape index (κ1) is 19.6. The summed E-state index contributed by atoms with van der Waals surface area (Å²) in [5.41, 5.74) is 0.348. The molecule has 0 aromatic heterocycles. The predicted octanol–water partition coefficient (Wildman–Crippen LogP) is 2.15. The van der Waals surface area contributed by atoms with Gasteiger partial charge in [-0.2, -0.15) is 0 Å². The van der Waals surface area contributed by atoms with Gasteiger partial charge in [-0.05, 0) is 45.0 Å². The number of carbonyl (C=O) groups excluding carboxylic acids is 2. The molecule has 2 aromatic rings. The molecule has 1 saturated heterocycles. The van der Waals surface area contributed by atoms with Crippen LogP contribution in [0, 0.1) is 13.8 Å². The summed E-state index contributed by atoms with van der Waals surface area (Å²) in [6, 6.07) is 13.3. The molecule has 7 nitrogen and oxygen atoms in total. The van der Waals surface area contributed by atoms with E-state index in [1.165, 1.54) is 0 Å². The number of aliphatic hydroxyl groups excluding tert-OH is 1. The van der Waals surface area contributed by atoms with Gasteiger partial charge in [0.1, 0.15) is 12.7 Å². The van der Waals surface area contributed by atoms with Crippen LogP contribution in [0.1, 0.15) is 40.1 Å². The Kier molecular flexibility index (Phi) is 5.62. The van der Waals surface area contributed by atoms with Crippen LogP contribution in [0.2, 0.25) is 0 Å². The molecule has 2 aromatic carbocycles. The fourth-order valence-electron chi connectivity index (χ4n) is 2.93. The lowest BCUT2D eigenvalue weighted by Crippen LogP contribution is -2.48.